The van der Waals surface area contributed by atoms with Crippen LogP contribution in [0.5, 0.6) is 0 Å². The van der Waals surface area contributed by atoms with E-state index < -0.39 is 21.7 Å². The smallest absolute Gasteiger partial charge is 0.245 e. The molecule has 9 heteroatoms. The Morgan fingerprint density at radius 3 is 2.68 bits per heavy atom. The molecule has 1 aromatic heterocycles. The molecule has 150 valence electrons. The molecule has 1 aliphatic rings. The van der Waals surface area contributed by atoms with E-state index in [-0.39, 0.29) is 29.4 Å². The first-order chi connectivity index (χ1) is 13.2. The van der Waals surface area contributed by atoms with Gasteiger partial charge in [0.2, 0.25) is 11.8 Å². The molecule has 2 aromatic rings. The molecular formula is C19H23N3O5S. The monoisotopic (exact) mass is 405 g/mol. The van der Waals surface area contributed by atoms with Gasteiger partial charge in [0.25, 0.3) is 0 Å². The summed E-state index contributed by atoms with van der Waals surface area (Å²) in [6, 6.07) is 6.75. The van der Waals surface area contributed by atoms with Crippen LogP contribution in [-0.2, 0) is 32.3 Å². The summed E-state index contributed by atoms with van der Waals surface area (Å²) in [5, 5.41) is 6.16. The SMILES string of the molecule is Cc1cc(NC(=O)CN(C)C(=O)CCS(=O)(=O)c2ccc3c(c2)CCC3)no1. The molecule has 0 spiro atoms. The van der Waals surface area contributed by atoms with Crippen LogP contribution in [0.25, 0.3) is 0 Å². The molecule has 1 aromatic carbocycles. The minimum Gasteiger partial charge on any atom is -0.360 e. The molecule has 1 aliphatic carbocycles. The van der Waals surface area contributed by atoms with Crippen LogP contribution in [0.15, 0.2) is 33.7 Å². The van der Waals surface area contributed by atoms with E-state index in [0.717, 1.165) is 24.8 Å². The third kappa shape index (κ3) is 4.78. The number of benzene rings is 1. The predicted octanol–water partition coefficient (Wildman–Crippen LogP) is 1.73. The van der Waals surface area contributed by atoms with Crippen LogP contribution in [0.4, 0.5) is 5.82 Å². The Morgan fingerprint density at radius 2 is 1.96 bits per heavy atom. The van der Waals surface area contributed by atoms with E-state index in [1.807, 2.05) is 6.07 Å². The second kappa shape index (κ2) is 8.14. The van der Waals surface area contributed by atoms with Crippen LogP contribution in [0.2, 0.25) is 0 Å². The molecule has 8 nitrogen and oxygen atoms in total. The molecule has 3 rings (SSSR count). The van der Waals surface area contributed by atoms with Crippen LogP contribution in [0.1, 0.15) is 29.7 Å². The first kappa shape index (κ1) is 20.1. The second-order valence-electron chi connectivity index (χ2n) is 6.97. The molecule has 0 aliphatic heterocycles. The van der Waals surface area contributed by atoms with Crippen molar-refractivity contribution < 1.29 is 22.5 Å². The van der Waals surface area contributed by atoms with Crippen molar-refractivity contribution in [3.05, 3.63) is 41.2 Å². The van der Waals surface area contributed by atoms with Gasteiger partial charge < -0.3 is 14.7 Å². The van der Waals surface area contributed by atoms with Crippen molar-refractivity contribution in [2.45, 2.75) is 37.5 Å². The Morgan fingerprint density at radius 1 is 1.21 bits per heavy atom. The Hall–Kier alpha value is -2.68. The molecular weight excluding hydrogens is 382 g/mol. The summed E-state index contributed by atoms with van der Waals surface area (Å²) >= 11 is 0. The van der Waals surface area contributed by atoms with E-state index in [2.05, 4.69) is 10.5 Å². The van der Waals surface area contributed by atoms with Gasteiger partial charge >= 0.3 is 0 Å². The van der Waals surface area contributed by atoms with Crippen molar-refractivity contribution in [3.8, 4) is 0 Å². The van der Waals surface area contributed by atoms with Crippen molar-refractivity contribution in [1.82, 2.24) is 10.1 Å². The van der Waals surface area contributed by atoms with E-state index >= 15 is 0 Å². The Bertz CT molecular complexity index is 997. The summed E-state index contributed by atoms with van der Waals surface area (Å²) in [6.07, 6.45) is 2.72. The largest absolute Gasteiger partial charge is 0.360 e. The van der Waals surface area contributed by atoms with Crippen LogP contribution >= 0.6 is 0 Å². The fraction of sp³-hybridized carbons (Fsp3) is 0.421. The highest BCUT2D eigenvalue weighted by Gasteiger charge is 2.21. The van der Waals surface area contributed by atoms with Crippen LogP contribution in [0.3, 0.4) is 0 Å². The second-order valence-corrected chi connectivity index (χ2v) is 9.08. The number of carbonyl (C=O) groups is 2. The Balaban J connectivity index is 1.53. The fourth-order valence-corrected chi connectivity index (χ4v) is 4.46. The Kier molecular flexibility index (Phi) is 5.83. The van der Waals surface area contributed by atoms with E-state index in [4.69, 9.17) is 4.52 Å². The van der Waals surface area contributed by atoms with Gasteiger partial charge in [-0.1, -0.05) is 11.2 Å². The van der Waals surface area contributed by atoms with Gasteiger partial charge in [0.1, 0.15) is 5.76 Å². The number of anilines is 1. The first-order valence-corrected chi connectivity index (χ1v) is 10.7. The number of amides is 2. The molecule has 2 amide bonds. The minimum atomic E-state index is -3.56. The summed E-state index contributed by atoms with van der Waals surface area (Å²) in [7, 11) is -2.10. The lowest BCUT2D eigenvalue weighted by Gasteiger charge is -2.16. The van der Waals surface area contributed by atoms with Gasteiger partial charge in [-0.25, -0.2) is 8.42 Å². The summed E-state index contributed by atoms with van der Waals surface area (Å²) < 4.78 is 30.0. The number of carbonyl (C=O) groups excluding carboxylic acids is 2. The summed E-state index contributed by atoms with van der Waals surface area (Å²) in [5.41, 5.74) is 2.27. The maximum absolute atomic E-state index is 12.6. The third-order valence-electron chi connectivity index (χ3n) is 4.72. The summed E-state index contributed by atoms with van der Waals surface area (Å²) in [6.45, 7) is 1.49. The number of aryl methyl sites for hydroxylation is 3. The molecule has 0 bridgehead atoms. The summed E-state index contributed by atoms with van der Waals surface area (Å²) in [5.74, 6) is -0.333. The first-order valence-electron chi connectivity index (χ1n) is 9.06. The van der Waals surface area contributed by atoms with Crippen LogP contribution in [-0.4, -0.2) is 49.6 Å². The van der Waals surface area contributed by atoms with Gasteiger partial charge in [0.15, 0.2) is 15.7 Å². The van der Waals surface area contributed by atoms with Gasteiger partial charge in [-0.3, -0.25) is 9.59 Å². The zero-order valence-corrected chi connectivity index (χ0v) is 16.7. The van der Waals surface area contributed by atoms with E-state index in [0.29, 0.717) is 5.76 Å². The van der Waals surface area contributed by atoms with Gasteiger partial charge in [0, 0.05) is 19.5 Å². The Labute approximate surface area is 163 Å². The number of fused-ring (bicyclic) bond motifs is 1. The van der Waals surface area contributed by atoms with Gasteiger partial charge in [-0.05, 0) is 49.4 Å². The number of nitrogens with zero attached hydrogens (tertiary/aromatic N) is 2. The minimum absolute atomic E-state index is 0.188. The van der Waals surface area contributed by atoms with E-state index in [9.17, 15) is 18.0 Å². The normalized spacial score (nSPS) is 13.2. The van der Waals surface area contributed by atoms with Gasteiger partial charge in [-0.15, -0.1) is 0 Å². The van der Waals surface area contributed by atoms with Crippen molar-refractivity contribution in [3.63, 3.8) is 0 Å². The third-order valence-corrected chi connectivity index (χ3v) is 6.43. The number of likely N-dealkylation sites (N-methyl/N-ethyl adjacent to an activating group) is 1. The lowest BCUT2D eigenvalue weighted by atomic mass is 10.1. The zero-order chi connectivity index (χ0) is 20.3. The highest BCUT2D eigenvalue weighted by Crippen LogP contribution is 2.25. The van der Waals surface area contributed by atoms with E-state index in [1.165, 1.54) is 17.5 Å². The lowest BCUT2D eigenvalue weighted by molar-refractivity contribution is -0.132. The average Bonchev–Trinajstić information content (AvgIpc) is 3.27. The molecule has 0 radical (unpaired) electrons. The molecule has 1 heterocycles. The molecule has 0 atom stereocenters. The topological polar surface area (TPSA) is 110 Å². The van der Waals surface area contributed by atoms with Gasteiger partial charge in [-0.2, -0.15) is 0 Å². The molecule has 0 fully saturated rings. The van der Waals surface area contributed by atoms with E-state index in [1.54, 1.807) is 25.1 Å². The lowest BCUT2D eigenvalue weighted by Crippen LogP contribution is -2.35. The average molecular weight is 405 g/mol. The molecule has 0 unspecified atom stereocenters. The van der Waals surface area contributed by atoms with Crippen molar-refractivity contribution in [2.75, 3.05) is 24.7 Å². The number of hydrogen-bond donors (Lipinski definition) is 1. The maximum Gasteiger partial charge on any atom is 0.245 e. The number of aromatic nitrogens is 1. The molecule has 1 N–H and O–H groups in total. The molecule has 0 saturated carbocycles. The van der Waals surface area contributed by atoms with Crippen molar-refractivity contribution >= 4 is 27.5 Å². The van der Waals surface area contributed by atoms with Crippen LogP contribution < -0.4 is 5.32 Å². The number of rotatable bonds is 7. The van der Waals surface area contributed by atoms with Gasteiger partial charge in [0.05, 0.1) is 17.2 Å². The molecule has 28 heavy (non-hydrogen) atoms. The predicted molar refractivity (Wildman–Crippen MR) is 103 cm³/mol. The standard InChI is InChI=1S/C19H23N3O5S/c1-13-10-17(21-27-13)20-18(23)12-22(2)19(24)8-9-28(25,26)16-7-6-14-4-3-5-15(14)11-16/h6-7,10-11H,3-5,8-9,12H2,1-2H3,(H,20,21,23). The fourth-order valence-electron chi connectivity index (χ4n) is 3.18. The quantitative estimate of drug-likeness (QED) is 0.751. The number of nitrogens with one attached hydrogen (secondary N) is 1. The maximum atomic E-state index is 12.6. The highest BCUT2D eigenvalue weighted by atomic mass is 32.2. The van der Waals surface area contributed by atoms with Crippen molar-refractivity contribution in [2.24, 2.45) is 0 Å². The summed E-state index contributed by atoms with van der Waals surface area (Å²) in [4.78, 5) is 25.7. The molecule has 0 saturated heterocycles. The number of hydrogen-bond acceptors (Lipinski definition) is 6. The zero-order valence-electron chi connectivity index (χ0n) is 15.9. The number of sulfone groups is 1. The van der Waals surface area contributed by atoms with Crippen LogP contribution in [0, 0.1) is 6.92 Å². The highest BCUT2D eigenvalue weighted by molar-refractivity contribution is 7.91. The van der Waals surface area contributed by atoms with Crippen molar-refractivity contribution in [1.29, 1.82) is 0 Å².